The maximum absolute atomic E-state index is 13.6. The van der Waals surface area contributed by atoms with Gasteiger partial charge in [-0.1, -0.05) is 42.5 Å². The summed E-state index contributed by atoms with van der Waals surface area (Å²) in [6.45, 7) is 1.38. The lowest BCUT2D eigenvalue weighted by Gasteiger charge is -2.12. The normalized spacial score (nSPS) is 11.0. The topological polar surface area (TPSA) is 47.8 Å². The van der Waals surface area contributed by atoms with Gasteiger partial charge in [-0.05, 0) is 24.3 Å². The van der Waals surface area contributed by atoms with Crippen LogP contribution in [0, 0.1) is 5.95 Å². The van der Waals surface area contributed by atoms with Gasteiger partial charge in [-0.25, -0.2) is 9.97 Å². The molecule has 4 rings (SSSR count). The number of Topliss-reactive ketones (excluding diaryl/α,β-unsaturated/α-hetero) is 1. The largest absolute Gasteiger partial charge is 0.293 e. The van der Waals surface area contributed by atoms with E-state index < -0.39 is 5.95 Å². The Morgan fingerprint density at radius 2 is 1.64 bits per heavy atom. The number of pyridine rings is 1. The first-order chi connectivity index (χ1) is 12.1. The van der Waals surface area contributed by atoms with Crippen molar-refractivity contribution in [2.75, 3.05) is 0 Å². The second kappa shape index (κ2) is 5.94. The fourth-order valence-electron chi connectivity index (χ4n) is 2.92. The predicted octanol–water partition coefficient (Wildman–Crippen LogP) is 4.43. The van der Waals surface area contributed by atoms with E-state index in [1.165, 1.54) is 13.0 Å². The van der Waals surface area contributed by atoms with Crippen molar-refractivity contribution in [3.8, 4) is 17.1 Å². The number of hydrogen-bond acceptors (Lipinski definition) is 3. The molecule has 2 heterocycles. The first-order valence-corrected chi connectivity index (χ1v) is 7.86. The molecule has 0 amide bonds. The summed E-state index contributed by atoms with van der Waals surface area (Å²) in [5.41, 5.74) is 3.12. The van der Waals surface area contributed by atoms with Gasteiger partial charge in [-0.3, -0.25) is 9.36 Å². The third kappa shape index (κ3) is 2.59. The van der Waals surface area contributed by atoms with Crippen LogP contribution in [-0.4, -0.2) is 20.3 Å². The number of benzene rings is 2. The first-order valence-electron chi connectivity index (χ1n) is 7.86. The van der Waals surface area contributed by atoms with Crippen molar-refractivity contribution in [1.82, 2.24) is 14.5 Å². The molecule has 25 heavy (non-hydrogen) atoms. The van der Waals surface area contributed by atoms with Crippen molar-refractivity contribution in [3.63, 3.8) is 0 Å². The molecular formula is C20H14FN3O. The minimum Gasteiger partial charge on any atom is -0.293 e. The summed E-state index contributed by atoms with van der Waals surface area (Å²) in [6.07, 6.45) is 0. The van der Waals surface area contributed by atoms with E-state index in [9.17, 15) is 9.18 Å². The summed E-state index contributed by atoms with van der Waals surface area (Å²) >= 11 is 0. The van der Waals surface area contributed by atoms with Crippen LogP contribution in [0.3, 0.4) is 0 Å². The molecule has 0 spiro atoms. The number of carbonyl (C=O) groups excluding carboxylic acids is 1. The molecule has 0 saturated heterocycles. The Morgan fingerprint density at radius 3 is 2.40 bits per heavy atom. The molecule has 4 aromatic rings. The van der Waals surface area contributed by atoms with Crippen molar-refractivity contribution >= 4 is 16.8 Å². The van der Waals surface area contributed by atoms with Crippen LogP contribution in [0.1, 0.15) is 17.4 Å². The van der Waals surface area contributed by atoms with Crippen LogP contribution < -0.4 is 0 Å². The highest BCUT2D eigenvalue weighted by molar-refractivity contribution is 5.97. The SMILES string of the molecule is CC(=O)c1nc(F)ccc1-n1c(-c2ccccc2)nc2ccccc21. The molecule has 0 atom stereocenters. The van der Waals surface area contributed by atoms with Gasteiger partial charge < -0.3 is 0 Å². The first kappa shape index (κ1) is 15.2. The van der Waals surface area contributed by atoms with Crippen LogP contribution in [0.25, 0.3) is 28.1 Å². The number of hydrogen-bond donors (Lipinski definition) is 0. The molecule has 2 aromatic heterocycles. The Hall–Kier alpha value is -3.34. The number of halogens is 1. The predicted molar refractivity (Wildman–Crippen MR) is 94.3 cm³/mol. The standard InChI is InChI=1S/C20H14FN3O/c1-13(25)19-17(11-12-18(21)23-19)24-16-10-6-5-9-15(16)22-20(24)14-7-3-2-4-8-14/h2-12H,1H3. The molecule has 0 aliphatic heterocycles. The molecule has 0 unspecified atom stereocenters. The van der Waals surface area contributed by atoms with Crippen molar-refractivity contribution in [2.45, 2.75) is 6.92 Å². The van der Waals surface area contributed by atoms with Gasteiger partial charge in [0.05, 0.1) is 16.7 Å². The Kier molecular flexibility index (Phi) is 3.61. The van der Waals surface area contributed by atoms with Gasteiger partial charge in [0.2, 0.25) is 5.95 Å². The van der Waals surface area contributed by atoms with Gasteiger partial charge in [0.1, 0.15) is 11.5 Å². The van der Waals surface area contributed by atoms with Crippen molar-refractivity contribution < 1.29 is 9.18 Å². The third-order valence-corrected chi connectivity index (χ3v) is 4.01. The second-order valence-electron chi connectivity index (χ2n) is 5.68. The van der Waals surface area contributed by atoms with E-state index >= 15 is 0 Å². The fraction of sp³-hybridized carbons (Fsp3) is 0.0500. The zero-order chi connectivity index (χ0) is 17.4. The maximum atomic E-state index is 13.6. The van der Waals surface area contributed by atoms with E-state index in [1.807, 2.05) is 59.2 Å². The molecule has 0 bridgehead atoms. The lowest BCUT2D eigenvalue weighted by Crippen LogP contribution is -2.08. The van der Waals surface area contributed by atoms with Gasteiger partial charge >= 0.3 is 0 Å². The number of carbonyl (C=O) groups is 1. The van der Waals surface area contributed by atoms with Crippen LogP contribution >= 0.6 is 0 Å². The molecule has 0 N–H and O–H groups in total. The third-order valence-electron chi connectivity index (χ3n) is 4.01. The smallest absolute Gasteiger partial charge is 0.213 e. The van der Waals surface area contributed by atoms with E-state index in [2.05, 4.69) is 4.98 Å². The maximum Gasteiger partial charge on any atom is 0.213 e. The van der Waals surface area contributed by atoms with Crippen LogP contribution in [0.5, 0.6) is 0 Å². The molecule has 4 nitrogen and oxygen atoms in total. The molecular weight excluding hydrogens is 317 g/mol. The monoisotopic (exact) mass is 331 g/mol. The van der Waals surface area contributed by atoms with E-state index in [0.29, 0.717) is 11.5 Å². The Bertz CT molecular complexity index is 1090. The van der Waals surface area contributed by atoms with Crippen LogP contribution in [0.15, 0.2) is 66.7 Å². The van der Waals surface area contributed by atoms with E-state index in [-0.39, 0.29) is 11.5 Å². The van der Waals surface area contributed by atoms with Gasteiger partial charge in [0.25, 0.3) is 0 Å². The summed E-state index contributed by atoms with van der Waals surface area (Å²) in [4.78, 5) is 20.6. The number of rotatable bonds is 3. The quantitative estimate of drug-likeness (QED) is 0.412. The van der Waals surface area contributed by atoms with Crippen LogP contribution in [0.2, 0.25) is 0 Å². The highest BCUT2D eigenvalue weighted by Crippen LogP contribution is 2.29. The Balaban J connectivity index is 2.10. The van der Waals surface area contributed by atoms with E-state index in [4.69, 9.17) is 4.98 Å². The van der Waals surface area contributed by atoms with E-state index in [1.54, 1.807) is 6.07 Å². The number of ketones is 1. The van der Waals surface area contributed by atoms with Gasteiger partial charge in [-0.2, -0.15) is 4.39 Å². The highest BCUT2D eigenvalue weighted by atomic mass is 19.1. The molecule has 5 heteroatoms. The molecule has 0 aliphatic carbocycles. The zero-order valence-electron chi connectivity index (χ0n) is 13.5. The van der Waals surface area contributed by atoms with E-state index in [0.717, 1.165) is 16.6 Å². The summed E-state index contributed by atoms with van der Waals surface area (Å²) in [7, 11) is 0. The molecule has 0 fully saturated rings. The summed E-state index contributed by atoms with van der Waals surface area (Å²) in [5.74, 6) is -0.302. The molecule has 0 radical (unpaired) electrons. The van der Waals surface area contributed by atoms with Gasteiger partial charge in [0, 0.05) is 12.5 Å². The van der Waals surface area contributed by atoms with Crippen LogP contribution in [0.4, 0.5) is 4.39 Å². The van der Waals surface area contributed by atoms with Crippen molar-refractivity contribution in [3.05, 3.63) is 78.4 Å². The van der Waals surface area contributed by atoms with Crippen molar-refractivity contribution in [2.24, 2.45) is 0 Å². The minimum absolute atomic E-state index is 0.0836. The summed E-state index contributed by atoms with van der Waals surface area (Å²) < 4.78 is 15.5. The van der Waals surface area contributed by atoms with Crippen LogP contribution in [-0.2, 0) is 0 Å². The summed E-state index contributed by atoms with van der Waals surface area (Å²) in [6, 6.07) is 20.1. The molecule has 2 aromatic carbocycles. The number of aromatic nitrogens is 3. The Labute approximate surface area is 143 Å². The minimum atomic E-state index is -0.681. The van der Waals surface area contributed by atoms with Gasteiger partial charge in [-0.15, -0.1) is 0 Å². The average molecular weight is 331 g/mol. The number of para-hydroxylation sites is 2. The van der Waals surface area contributed by atoms with Crippen molar-refractivity contribution in [1.29, 1.82) is 0 Å². The second-order valence-corrected chi connectivity index (χ2v) is 5.68. The fourth-order valence-corrected chi connectivity index (χ4v) is 2.92. The highest BCUT2D eigenvalue weighted by Gasteiger charge is 2.19. The average Bonchev–Trinajstić information content (AvgIpc) is 3.02. The zero-order valence-corrected chi connectivity index (χ0v) is 13.5. The molecule has 122 valence electrons. The van der Waals surface area contributed by atoms with Gasteiger partial charge in [0.15, 0.2) is 5.78 Å². The molecule has 0 aliphatic rings. The number of nitrogens with zero attached hydrogens (tertiary/aromatic N) is 3. The number of fused-ring (bicyclic) bond motifs is 1. The lowest BCUT2D eigenvalue weighted by atomic mass is 10.2. The lowest BCUT2D eigenvalue weighted by molar-refractivity contribution is 0.101. The Morgan fingerprint density at radius 1 is 0.920 bits per heavy atom. The summed E-state index contributed by atoms with van der Waals surface area (Å²) in [5, 5.41) is 0. The number of imidazole rings is 1. The molecule has 0 saturated carbocycles.